The van der Waals surface area contributed by atoms with Gasteiger partial charge in [0.25, 0.3) is 5.91 Å². The van der Waals surface area contributed by atoms with E-state index >= 15 is 0 Å². The van der Waals surface area contributed by atoms with Crippen molar-refractivity contribution in [3.05, 3.63) is 91.0 Å². The Balaban J connectivity index is 1.77. The number of rotatable bonds is 8. The average Bonchev–Trinajstić information content (AvgIpc) is 2.87. The third-order valence-corrected chi connectivity index (χ3v) is 6.10. The predicted molar refractivity (Wildman–Crippen MR) is 144 cm³/mol. The van der Waals surface area contributed by atoms with Crippen LogP contribution in [0, 0.1) is 14.9 Å². The Morgan fingerprint density at radius 3 is 2.37 bits per heavy atom. The summed E-state index contributed by atoms with van der Waals surface area (Å²) in [5.74, 6) is -0.109. The number of halogens is 2. The Morgan fingerprint density at radius 1 is 1.09 bits per heavy atom. The number of ether oxygens (including phenoxy) is 3. The summed E-state index contributed by atoms with van der Waals surface area (Å²) in [5.41, 5.74) is 2.25. The number of esters is 1. The summed E-state index contributed by atoms with van der Waals surface area (Å²) >= 11 is 5.74. The first-order valence-corrected chi connectivity index (χ1v) is 12.1. The lowest BCUT2D eigenvalue weighted by Gasteiger charge is -2.14. The van der Waals surface area contributed by atoms with Crippen LogP contribution in [0.5, 0.6) is 11.5 Å². The summed E-state index contributed by atoms with van der Waals surface area (Å²) in [6, 6.07) is 19.5. The average molecular weight is 647 g/mol. The lowest BCUT2D eigenvalue weighted by Crippen LogP contribution is -2.13. The third-order valence-electron chi connectivity index (χ3n) is 4.79. The molecule has 0 saturated carbocycles. The fourth-order valence-corrected chi connectivity index (χ4v) is 3.95. The molecule has 0 spiro atoms. The second-order valence-electron chi connectivity index (χ2n) is 7.14. The number of anilines is 1. The van der Waals surface area contributed by atoms with Crippen molar-refractivity contribution in [2.24, 2.45) is 0 Å². The van der Waals surface area contributed by atoms with E-state index < -0.39 is 11.9 Å². The summed E-state index contributed by atoms with van der Waals surface area (Å²) in [6.07, 6.45) is 1.45. The Bertz CT molecular complexity index is 1300. The zero-order valence-electron chi connectivity index (χ0n) is 18.8. The van der Waals surface area contributed by atoms with Gasteiger partial charge in [0.15, 0.2) is 11.5 Å². The molecule has 178 valence electrons. The zero-order valence-corrected chi connectivity index (χ0v) is 22.5. The number of amides is 1. The van der Waals surface area contributed by atoms with Crippen molar-refractivity contribution in [2.45, 2.75) is 6.61 Å². The largest absolute Gasteiger partial charge is 0.493 e. The monoisotopic (exact) mass is 646 g/mol. The standard InChI is InChI=1S/C26H20BrIN2O5/c1-33-23-13-17(12-22(27)24(23)35-15-16-3-7-20(28)8-4-16)11-19(14-29)25(31)30-21-9-5-18(6-10-21)26(32)34-2/h3-13H,15H2,1-2H3,(H,30,31)/b19-11+. The number of nitrogens with one attached hydrogen (secondary N) is 1. The molecular formula is C26H20BrIN2O5. The normalized spacial score (nSPS) is 10.8. The minimum Gasteiger partial charge on any atom is -0.493 e. The second kappa shape index (κ2) is 12.4. The van der Waals surface area contributed by atoms with Crippen LogP contribution < -0.4 is 14.8 Å². The summed E-state index contributed by atoms with van der Waals surface area (Å²) in [7, 11) is 2.81. The lowest BCUT2D eigenvalue weighted by molar-refractivity contribution is -0.112. The van der Waals surface area contributed by atoms with Gasteiger partial charge < -0.3 is 19.5 Å². The molecule has 0 unspecified atom stereocenters. The van der Waals surface area contributed by atoms with Crippen LogP contribution in [0.4, 0.5) is 5.69 Å². The molecule has 7 nitrogen and oxygen atoms in total. The molecule has 1 amide bonds. The van der Waals surface area contributed by atoms with E-state index in [2.05, 4.69) is 48.6 Å². The SMILES string of the molecule is COC(=O)c1ccc(NC(=O)/C(C#N)=C/c2cc(Br)c(OCc3ccc(I)cc3)c(OC)c2)cc1. The molecule has 0 aromatic heterocycles. The topological polar surface area (TPSA) is 97.7 Å². The molecule has 0 saturated heterocycles. The molecule has 0 bridgehead atoms. The summed E-state index contributed by atoms with van der Waals surface area (Å²) in [4.78, 5) is 24.2. The van der Waals surface area contributed by atoms with E-state index in [1.807, 2.05) is 30.3 Å². The molecule has 0 aliphatic rings. The Kier molecular flexibility index (Phi) is 9.28. The molecule has 3 aromatic carbocycles. The van der Waals surface area contributed by atoms with Gasteiger partial charge in [0, 0.05) is 9.26 Å². The molecular weight excluding hydrogens is 627 g/mol. The van der Waals surface area contributed by atoms with Crippen LogP contribution in [0.1, 0.15) is 21.5 Å². The fourth-order valence-electron chi connectivity index (χ4n) is 3.02. The van der Waals surface area contributed by atoms with Crippen molar-refractivity contribution in [3.8, 4) is 17.6 Å². The smallest absolute Gasteiger partial charge is 0.337 e. The minimum absolute atomic E-state index is 0.108. The van der Waals surface area contributed by atoms with Gasteiger partial charge in [0.2, 0.25) is 0 Å². The summed E-state index contributed by atoms with van der Waals surface area (Å²) in [6.45, 7) is 0.349. The summed E-state index contributed by atoms with van der Waals surface area (Å²) in [5, 5.41) is 12.2. The molecule has 0 aliphatic carbocycles. The molecule has 0 heterocycles. The molecule has 0 aliphatic heterocycles. The van der Waals surface area contributed by atoms with Gasteiger partial charge in [-0.25, -0.2) is 4.79 Å². The zero-order chi connectivity index (χ0) is 25.4. The van der Waals surface area contributed by atoms with Gasteiger partial charge in [-0.1, -0.05) is 12.1 Å². The Hall–Kier alpha value is -3.36. The van der Waals surface area contributed by atoms with Crippen molar-refractivity contribution in [1.29, 1.82) is 5.26 Å². The highest BCUT2D eigenvalue weighted by molar-refractivity contribution is 14.1. The van der Waals surface area contributed by atoms with Gasteiger partial charge in [-0.05, 0) is 104 Å². The highest BCUT2D eigenvalue weighted by Gasteiger charge is 2.15. The van der Waals surface area contributed by atoms with E-state index in [0.29, 0.717) is 39.4 Å². The van der Waals surface area contributed by atoms with Gasteiger partial charge in [0.1, 0.15) is 18.2 Å². The summed E-state index contributed by atoms with van der Waals surface area (Å²) < 4.78 is 17.8. The van der Waals surface area contributed by atoms with Crippen LogP contribution in [0.3, 0.4) is 0 Å². The molecule has 0 atom stereocenters. The van der Waals surface area contributed by atoms with Crippen molar-refractivity contribution < 1.29 is 23.8 Å². The van der Waals surface area contributed by atoms with Crippen molar-refractivity contribution in [2.75, 3.05) is 19.5 Å². The van der Waals surface area contributed by atoms with Crippen LogP contribution in [-0.2, 0) is 16.1 Å². The van der Waals surface area contributed by atoms with Gasteiger partial charge in [-0.2, -0.15) is 5.26 Å². The van der Waals surface area contributed by atoms with Crippen molar-refractivity contribution >= 4 is 62.2 Å². The number of hydrogen-bond donors (Lipinski definition) is 1. The van der Waals surface area contributed by atoms with E-state index in [-0.39, 0.29) is 5.57 Å². The number of hydrogen-bond acceptors (Lipinski definition) is 6. The minimum atomic E-state index is -0.590. The maximum absolute atomic E-state index is 12.7. The molecule has 0 fully saturated rings. The van der Waals surface area contributed by atoms with Crippen LogP contribution in [0.15, 0.2) is 70.7 Å². The fraction of sp³-hybridized carbons (Fsp3) is 0.115. The number of nitrogens with zero attached hydrogens (tertiary/aromatic N) is 1. The molecule has 0 radical (unpaired) electrons. The number of methoxy groups -OCH3 is 2. The van der Waals surface area contributed by atoms with Crippen molar-refractivity contribution in [1.82, 2.24) is 0 Å². The lowest BCUT2D eigenvalue weighted by atomic mass is 10.1. The van der Waals surface area contributed by atoms with Gasteiger partial charge >= 0.3 is 5.97 Å². The predicted octanol–water partition coefficient (Wildman–Crippen LogP) is 5.97. The molecule has 9 heteroatoms. The quantitative estimate of drug-likeness (QED) is 0.140. The van der Waals surface area contributed by atoms with E-state index in [1.165, 1.54) is 32.4 Å². The number of nitriles is 1. The molecule has 35 heavy (non-hydrogen) atoms. The Labute approximate surface area is 225 Å². The Morgan fingerprint density at radius 2 is 1.77 bits per heavy atom. The van der Waals surface area contributed by atoms with Crippen LogP contribution in [-0.4, -0.2) is 26.1 Å². The molecule has 3 aromatic rings. The highest BCUT2D eigenvalue weighted by atomic mass is 127. The van der Waals surface area contributed by atoms with Gasteiger partial charge in [0.05, 0.1) is 24.3 Å². The first kappa shape index (κ1) is 26.2. The van der Waals surface area contributed by atoms with E-state index in [1.54, 1.807) is 24.3 Å². The molecule has 3 rings (SSSR count). The number of carbonyl (C=O) groups is 2. The maximum atomic E-state index is 12.7. The van der Waals surface area contributed by atoms with Crippen LogP contribution in [0.2, 0.25) is 0 Å². The van der Waals surface area contributed by atoms with Crippen molar-refractivity contribution in [3.63, 3.8) is 0 Å². The number of carbonyl (C=O) groups excluding carboxylic acids is 2. The molecule has 1 N–H and O–H groups in total. The van der Waals surface area contributed by atoms with Crippen LogP contribution >= 0.6 is 38.5 Å². The number of benzene rings is 3. The van der Waals surface area contributed by atoms with Gasteiger partial charge in [-0.3, -0.25) is 4.79 Å². The first-order valence-electron chi connectivity index (χ1n) is 10.2. The van der Waals surface area contributed by atoms with Gasteiger partial charge in [-0.15, -0.1) is 0 Å². The third kappa shape index (κ3) is 7.07. The second-order valence-corrected chi connectivity index (χ2v) is 9.24. The van der Waals surface area contributed by atoms with E-state index in [4.69, 9.17) is 9.47 Å². The highest BCUT2D eigenvalue weighted by Crippen LogP contribution is 2.38. The van der Waals surface area contributed by atoms with Crippen LogP contribution in [0.25, 0.3) is 6.08 Å². The maximum Gasteiger partial charge on any atom is 0.337 e. The van der Waals surface area contributed by atoms with E-state index in [0.717, 1.165) is 9.13 Å². The first-order chi connectivity index (χ1) is 16.8. The van der Waals surface area contributed by atoms with E-state index in [9.17, 15) is 14.9 Å².